The number of fused-ring (bicyclic) bond motifs is 3. The number of benzene rings is 1. The van der Waals surface area contributed by atoms with Crippen LogP contribution in [0.25, 0.3) is 11.5 Å². The average Bonchev–Trinajstić information content (AvgIpc) is 3.18. The van der Waals surface area contributed by atoms with Crippen molar-refractivity contribution in [1.29, 1.82) is 0 Å². The van der Waals surface area contributed by atoms with Gasteiger partial charge in [0.05, 0.1) is 0 Å². The highest BCUT2D eigenvalue weighted by atomic mass is 16.5. The molecule has 3 N–H and O–H groups in total. The van der Waals surface area contributed by atoms with E-state index in [4.69, 9.17) is 15.2 Å². The first-order valence-corrected chi connectivity index (χ1v) is 10.8. The van der Waals surface area contributed by atoms with Gasteiger partial charge in [0.15, 0.2) is 11.5 Å². The predicted molar refractivity (Wildman–Crippen MR) is 122 cm³/mol. The molecule has 9 nitrogen and oxygen atoms in total. The summed E-state index contributed by atoms with van der Waals surface area (Å²) < 4.78 is 5.49. The second-order valence-corrected chi connectivity index (χ2v) is 9.18. The van der Waals surface area contributed by atoms with E-state index in [2.05, 4.69) is 58.3 Å². The van der Waals surface area contributed by atoms with Gasteiger partial charge in [-0.05, 0) is 43.1 Å². The van der Waals surface area contributed by atoms with E-state index in [0.717, 1.165) is 37.4 Å². The fourth-order valence-corrected chi connectivity index (χ4v) is 4.45. The monoisotopic (exact) mass is 433 g/mol. The van der Waals surface area contributed by atoms with Crippen molar-refractivity contribution in [3.63, 3.8) is 0 Å². The Kier molecular flexibility index (Phi) is 4.85. The molecule has 1 aliphatic heterocycles. The van der Waals surface area contributed by atoms with Gasteiger partial charge in [-0.15, -0.1) is 0 Å². The van der Waals surface area contributed by atoms with E-state index < -0.39 is 5.91 Å². The highest BCUT2D eigenvalue weighted by Gasteiger charge is 2.38. The van der Waals surface area contributed by atoms with E-state index in [-0.39, 0.29) is 11.1 Å². The minimum absolute atomic E-state index is 0.173. The molecule has 0 radical (unpaired) electrons. The lowest BCUT2D eigenvalue weighted by Gasteiger charge is -2.34. The van der Waals surface area contributed by atoms with Crippen molar-refractivity contribution < 1.29 is 9.32 Å². The molecule has 2 aromatic heterocycles. The van der Waals surface area contributed by atoms with Crippen molar-refractivity contribution in [2.45, 2.75) is 25.7 Å². The third-order valence-corrected chi connectivity index (χ3v) is 6.37. The van der Waals surface area contributed by atoms with Crippen molar-refractivity contribution in [1.82, 2.24) is 20.0 Å². The van der Waals surface area contributed by atoms with Gasteiger partial charge in [0.25, 0.3) is 5.91 Å². The molecule has 2 aliphatic rings. The number of likely N-dealkylation sites (N-methyl/N-ethyl adjacent to an activating group) is 1. The Balaban J connectivity index is 1.41. The average molecular weight is 434 g/mol. The fourth-order valence-electron chi connectivity index (χ4n) is 4.45. The Morgan fingerprint density at radius 1 is 1.16 bits per heavy atom. The third-order valence-electron chi connectivity index (χ3n) is 6.37. The zero-order chi connectivity index (χ0) is 22.5. The number of hydrogen-bond acceptors (Lipinski definition) is 8. The quantitative estimate of drug-likeness (QED) is 0.645. The number of carbonyl (C=O) groups is 1. The van der Waals surface area contributed by atoms with E-state index in [1.165, 1.54) is 5.69 Å². The summed E-state index contributed by atoms with van der Waals surface area (Å²) in [6, 6.07) is 8.29. The van der Waals surface area contributed by atoms with Crippen LogP contribution in [0.5, 0.6) is 0 Å². The first-order chi connectivity index (χ1) is 15.3. The molecule has 0 spiro atoms. The topological polar surface area (TPSA) is 113 Å². The summed E-state index contributed by atoms with van der Waals surface area (Å²) in [5.41, 5.74) is 9.78. The molecule has 1 saturated heterocycles. The molecule has 5 rings (SSSR count). The van der Waals surface area contributed by atoms with Gasteiger partial charge in [0.2, 0.25) is 5.95 Å². The molecule has 0 unspecified atom stereocenters. The lowest BCUT2D eigenvalue weighted by Crippen LogP contribution is -2.44. The highest BCUT2D eigenvalue weighted by Crippen LogP contribution is 2.43. The molecule has 1 fully saturated rings. The molecular formula is C23H27N7O2. The Morgan fingerprint density at radius 3 is 2.56 bits per heavy atom. The Hall–Kier alpha value is -3.46. The van der Waals surface area contributed by atoms with Crippen LogP contribution >= 0.6 is 0 Å². The Labute approximate surface area is 186 Å². The summed E-state index contributed by atoms with van der Waals surface area (Å²) >= 11 is 0. The minimum atomic E-state index is -0.595. The molecule has 0 saturated carbocycles. The van der Waals surface area contributed by atoms with Crippen molar-refractivity contribution in [2.24, 2.45) is 5.73 Å². The number of nitrogens with zero attached hydrogens (tertiary/aromatic N) is 5. The van der Waals surface area contributed by atoms with Crippen LogP contribution in [0.15, 0.2) is 35.0 Å². The SMILES string of the molecule is CN1CCN(c2ccc(Nc3ncc4c(n3)-c3onc(C(N)=O)c3CC4(C)C)cc2)CC1. The summed E-state index contributed by atoms with van der Waals surface area (Å²) in [6.45, 7) is 8.36. The summed E-state index contributed by atoms with van der Waals surface area (Å²) in [5, 5.41) is 7.17. The number of amides is 1. The zero-order valence-electron chi connectivity index (χ0n) is 18.6. The second-order valence-electron chi connectivity index (χ2n) is 9.18. The van der Waals surface area contributed by atoms with Crippen molar-refractivity contribution in [2.75, 3.05) is 43.4 Å². The Morgan fingerprint density at radius 2 is 1.88 bits per heavy atom. The van der Waals surface area contributed by atoms with Gasteiger partial charge in [0.1, 0.15) is 5.69 Å². The zero-order valence-corrected chi connectivity index (χ0v) is 18.6. The summed E-state index contributed by atoms with van der Waals surface area (Å²) in [5.74, 6) is 0.350. The van der Waals surface area contributed by atoms with Crippen LogP contribution in [0.3, 0.4) is 0 Å². The number of carbonyl (C=O) groups excluding carboxylic acids is 1. The van der Waals surface area contributed by atoms with E-state index in [1.807, 2.05) is 18.3 Å². The molecular weight excluding hydrogens is 406 g/mol. The first kappa shape index (κ1) is 20.4. The number of hydrogen-bond donors (Lipinski definition) is 2. The lowest BCUT2D eigenvalue weighted by atomic mass is 9.74. The Bertz CT molecular complexity index is 1160. The number of nitrogens with one attached hydrogen (secondary N) is 1. The number of nitrogens with two attached hydrogens (primary N) is 1. The number of anilines is 3. The molecule has 32 heavy (non-hydrogen) atoms. The van der Waals surface area contributed by atoms with Crippen molar-refractivity contribution in [3.05, 3.63) is 47.3 Å². The maximum Gasteiger partial charge on any atom is 0.271 e. The van der Waals surface area contributed by atoms with E-state index in [9.17, 15) is 4.79 Å². The van der Waals surface area contributed by atoms with Gasteiger partial charge in [-0.1, -0.05) is 19.0 Å². The number of primary amides is 1. The van der Waals surface area contributed by atoms with Gasteiger partial charge in [0, 0.05) is 54.9 Å². The van der Waals surface area contributed by atoms with Crippen LogP contribution < -0.4 is 16.0 Å². The number of rotatable bonds is 4. The van der Waals surface area contributed by atoms with Crippen LogP contribution in [-0.2, 0) is 11.8 Å². The highest BCUT2D eigenvalue weighted by molar-refractivity contribution is 5.94. The normalized spacial score (nSPS) is 17.5. The van der Waals surface area contributed by atoms with Crippen molar-refractivity contribution in [3.8, 4) is 11.5 Å². The first-order valence-electron chi connectivity index (χ1n) is 10.8. The maximum absolute atomic E-state index is 11.8. The van der Waals surface area contributed by atoms with Gasteiger partial charge < -0.3 is 25.4 Å². The number of aromatic nitrogens is 3. The largest absolute Gasteiger partial charge is 0.369 e. The standard InChI is InChI=1S/C23H27N7O2/c1-23(2)12-16-18(21(24)31)28-32-20(16)19-17(23)13-25-22(27-19)26-14-4-6-15(7-5-14)30-10-8-29(3)9-11-30/h4-7,13H,8-12H2,1-3H3,(H2,24,31)(H,25,26,27). The fraction of sp³-hybridized carbons (Fsp3) is 0.391. The van der Waals surface area contributed by atoms with Crippen LogP contribution in [0, 0.1) is 0 Å². The van der Waals surface area contributed by atoms with Crippen LogP contribution in [0.4, 0.5) is 17.3 Å². The summed E-state index contributed by atoms with van der Waals surface area (Å²) in [7, 11) is 2.15. The van der Waals surface area contributed by atoms with E-state index >= 15 is 0 Å². The van der Waals surface area contributed by atoms with Gasteiger partial charge in [-0.3, -0.25) is 4.79 Å². The molecule has 1 aliphatic carbocycles. The molecule has 1 amide bonds. The van der Waals surface area contributed by atoms with Gasteiger partial charge in [-0.2, -0.15) is 0 Å². The molecule has 9 heteroatoms. The van der Waals surface area contributed by atoms with Crippen LogP contribution in [-0.4, -0.2) is 59.2 Å². The van der Waals surface area contributed by atoms with Gasteiger partial charge in [-0.25, -0.2) is 9.97 Å². The minimum Gasteiger partial charge on any atom is -0.369 e. The van der Waals surface area contributed by atoms with Crippen LogP contribution in [0.2, 0.25) is 0 Å². The van der Waals surface area contributed by atoms with E-state index in [1.54, 1.807) is 0 Å². The molecule has 1 aromatic carbocycles. The number of piperazine rings is 1. The van der Waals surface area contributed by atoms with Crippen LogP contribution in [0.1, 0.15) is 35.5 Å². The van der Waals surface area contributed by atoms with Gasteiger partial charge >= 0.3 is 0 Å². The summed E-state index contributed by atoms with van der Waals surface area (Å²) in [6.07, 6.45) is 2.40. The molecule has 3 aromatic rings. The van der Waals surface area contributed by atoms with Crippen molar-refractivity contribution >= 4 is 23.2 Å². The molecule has 0 bridgehead atoms. The van der Waals surface area contributed by atoms with E-state index in [0.29, 0.717) is 29.4 Å². The predicted octanol–water partition coefficient (Wildman–Crippen LogP) is 2.56. The molecule has 166 valence electrons. The smallest absolute Gasteiger partial charge is 0.271 e. The third kappa shape index (κ3) is 3.58. The lowest BCUT2D eigenvalue weighted by molar-refractivity contribution is 0.0991. The second kappa shape index (κ2) is 7.59. The maximum atomic E-state index is 11.8. The molecule has 3 heterocycles. The summed E-state index contributed by atoms with van der Waals surface area (Å²) in [4.78, 5) is 25.7. The molecule has 0 atom stereocenters.